The van der Waals surface area contributed by atoms with E-state index in [9.17, 15) is 22.3 Å². The fourth-order valence-electron chi connectivity index (χ4n) is 8.16. The van der Waals surface area contributed by atoms with Gasteiger partial charge in [-0.15, -0.1) is 6.42 Å². The van der Waals surface area contributed by atoms with E-state index in [1.807, 2.05) is 4.90 Å². The number of sulfone groups is 1. The maximum atomic E-state index is 16.8. The molecule has 4 aromatic rings. The van der Waals surface area contributed by atoms with Crippen LogP contribution in [0.3, 0.4) is 0 Å². The van der Waals surface area contributed by atoms with E-state index in [0.717, 1.165) is 19.4 Å². The third kappa shape index (κ3) is 4.56. The summed E-state index contributed by atoms with van der Waals surface area (Å²) >= 11 is 0. The van der Waals surface area contributed by atoms with Gasteiger partial charge < -0.3 is 14.7 Å². The maximum Gasteiger partial charge on any atom is 0.319 e. The number of aromatic hydroxyl groups is 1. The summed E-state index contributed by atoms with van der Waals surface area (Å²) in [5.41, 5.74) is -0.881. The molecule has 4 saturated heterocycles. The van der Waals surface area contributed by atoms with Gasteiger partial charge in [-0.3, -0.25) is 9.88 Å². The minimum atomic E-state index is -3.26. The van der Waals surface area contributed by atoms with Gasteiger partial charge in [0.25, 0.3) is 0 Å². The van der Waals surface area contributed by atoms with Crippen molar-refractivity contribution < 1.29 is 31.4 Å². The Morgan fingerprint density at radius 1 is 1.15 bits per heavy atom. The van der Waals surface area contributed by atoms with E-state index in [4.69, 9.17) is 16.1 Å². The molecule has 4 atom stereocenters. The lowest BCUT2D eigenvalue weighted by Gasteiger charge is -2.36. The van der Waals surface area contributed by atoms with Gasteiger partial charge in [-0.2, -0.15) is 9.97 Å². The van der Waals surface area contributed by atoms with Crippen LogP contribution in [0.2, 0.25) is 0 Å². The smallest absolute Gasteiger partial charge is 0.319 e. The van der Waals surface area contributed by atoms with E-state index in [-0.39, 0.29) is 75.1 Å². The molecule has 2 aromatic carbocycles. The molecule has 4 fully saturated rings. The monoisotopic (exact) mass is 649 g/mol. The van der Waals surface area contributed by atoms with Crippen LogP contribution < -0.4 is 9.64 Å². The minimum Gasteiger partial charge on any atom is -0.508 e. The van der Waals surface area contributed by atoms with Crippen molar-refractivity contribution in [3.05, 3.63) is 47.7 Å². The number of anilines is 1. The van der Waals surface area contributed by atoms with Gasteiger partial charge >= 0.3 is 6.01 Å². The molecule has 0 radical (unpaired) electrons. The van der Waals surface area contributed by atoms with Crippen molar-refractivity contribution in [3.8, 4) is 35.4 Å². The zero-order valence-corrected chi connectivity index (χ0v) is 25.5. The molecule has 9 nitrogen and oxygen atoms in total. The van der Waals surface area contributed by atoms with E-state index < -0.39 is 33.2 Å². The molecule has 6 heterocycles. The first kappa shape index (κ1) is 29.3. The second-order valence-corrected chi connectivity index (χ2v) is 15.1. The van der Waals surface area contributed by atoms with Crippen molar-refractivity contribution >= 4 is 37.3 Å². The van der Waals surface area contributed by atoms with E-state index in [0.29, 0.717) is 37.0 Å². The van der Waals surface area contributed by atoms with Crippen LogP contribution in [0.5, 0.6) is 11.8 Å². The molecule has 238 valence electrons. The standard InChI is InChI=1S/C33H30F3N5O4S/c1-2-23-26(35)7-4-18-10-22(42)11-24(27(18)23)29-28(36)30-25(13-37-29)31(41-20-5-6-21(41)16-46(43,44)15-20)39-32(38-30)45-17-33-8-3-9-40(33)14-19(34)12-33/h1,4,7,10-11,13,19-21,42H,3,5-6,8-9,12,14-17H2/t19-,20-,21+,33+/m1/s1. The minimum absolute atomic E-state index is 0.0507. The molecule has 0 amide bonds. The van der Waals surface area contributed by atoms with Crippen LogP contribution in [0.1, 0.15) is 37.7 Å². The van der Waals surface area contributed by atoms with Crippen molar-refractivity contribution in [1.82, 2.24) is 19.9 Å². The van der Waals surface area contributed by atoms with Gasteiger partial charge in [0, 0.05) is 42.2 Å². The van der Waals surface area contributed by atoms with Gasteiger partial charge in [-0.1, -0.05) is 12.0 Å². The Kier molecular flexibility index (Phi) is 6.64. The molecular formula is C33H30F3N5O4S. The number of hydrogen-bond donors (Lipinski definition) is 1. The van der Waals surface area contributed by atoms with Crippen LogP contribution in [0, 0.1) is 24.0 Å². The number of alkyl halides is 1. The first-order valence-corrected chi connectivity index (χ1v) is 17.2. The van der Waals surface area contributed by atoms with E-state index >= 15 is 4.39 Å². The fraction of sp³-hybridized carbons (Fsp3) is 0.424. The first-order chi connectivity index (χ1) is 22.1. The number of benzene rings is 2. The number of halogens is 3. The number of ether oxygens (including phenoxy) is 1. The highest BCUT2D eigenvalue weighted by Crippen LogP contribution is 2.43. The summed E-state index contributed by atoms with van der Waals surface area (Å²) in [6, 6.07) is 4.46. The Bertz CT molecular complexity index is 2070. The third-order valence-electron chi connectivity index (χ3n) is 10.1. The lowest BCUT2D eigenvalue weighted by molar-refractivity contribution is 0.107. The zero-order chi connectivity index (χ0) is 32.0. The summed E-state index contributed by atoms with van der Waals surface area (Å²) in [6.07, 6.45) is 9.34. The normalized spacial score (nSPS) is 26.9. The quantitative estimate of drug-likeness (QED) is 0.312. The number of terminal acetylenes is 1. The second kappa shape index (κ2) is 10.4. The summed E-state index contributed by atoms with van der Waals surface area (Å²) < 4.78 is 77.5. The van der Waals surface area contributed by atoms with E-state index in [1.54, 1.807) is 0 Å². The lowest BCUT2D eigenvalue weighted by Crippen LogP contribution is -2.49. The van der Waals surface area contributed by atoms with Crippen molar-refractivity contribution in [3.63, 3.8) is 0 Å². The summed E-state index contributed by atoms with van der Waals surface area (Å²) in [4.78, 5) is 17.6. The van der Waals surface area contributed by atoms with Crippen LogP contribution in [-0.4, -0.2) is 88.4 Å². The topological polar surface area (TPSA) is 109 Å². The number of pyridine rings is 1. The molecule has 0 spiro atoms. The number of rotatable bonds is 5. The van der Waals surface area contributed by atoms with Gasteiger partial charge in [0.15, 0.2) is 15.7 Å². The van der Waals surface area contributed by atoms with Crippen molar-refractivity contribution in [2.45, 2.75) is 55.9 Å². The number of hydrogen-bond acceptors (Lipinski definition) is 9. The van der Waals surface area contributed by atoms with Crippen molar-refractivity contribution in [2.75, 3.05) is 36.1 Å². The summed E-state index contributed by atoms with van der Waals surface area (Å²) in [7, 11) is -3.26. The van der Waals surface area contributed by atoms with Crippen LogP contribution >= 0.6 is 0 Å². The summed E-state index contributed by atoms with van der Waals surface area (Å²) in [5, 5.41) is 11.4. The summed E-state index contributed by atoms with van der Waals surface area (Å²) in [5.74, 6) is 0.803. The number of nitrogens with zero attached hydrogens (tertiary/aromatic N) is 5. The predicted molar refractivity (Wildman–Crippen MR) is 166 cm³/mol. The molecule has 0 saturated carbocycles. The molecule has 2 aromatic heterocycles. The highest BCUT2D eigenvalue weighted by Gasteiger charge is 2.50. The van der Waals surface area contributed by atoms with Crippen molar-refractivity contribution in [1.29, 1.82) is 0 Å². The Hall–Kier alpha value is -4.15. The number of phenols is 1. The number of aromatic nitrogens is 3. The van der Waals surface area contributed by atoms with Gasteiger partial charge in [0.1, 0.15) is 41.4 Å². The molecule has 1 N–H and O–H groups in total. The van der Waals surface area contributed by atoms with E-state index in [1.165, 1.54) is 30.5 Å². The zero-order valence-electron chi connectivity index (χ0n) is 24.7. The van der Waals surface area contributed by atoms with Crippen LogP contribution in [-0.2, 0) is 9.84 Å². The van der Waals surface area contributed by atoms with Crippen LogP contribution in [0.25, 0.3) is 32.9 Å². The second-order valence-electron chi connectivity index (χ2n) is 12.9. The predicted octanol–water partition coefficient (Wildman–Crippen LogP) is 4.53. The number of phenolic OH excluding ortho intramolecular Hbond substituents is 1. The van der Waals surface area contributed by atoms with Gasteiger partial charge in [0.05, 0.1) is 28.0 Å². The maximum absolute atomic E-state index is 16.8. The molecule has 0 unspecified atom stereocenters. The van der Waals surface area contributed by atoms with Crippen LogP contribution in [0.4, 0.5) is 19.0 Å². The molecule has 4 aliphatic rings. The third-order valence-corrected chi connectivity index (χ3v) is 11.9. The highest BCUT2D eigenvalue weighted by atomic mass is 32.2. The van der Waals surface area contributed by atoms with Crippen LogP contribution in [0.15, 0.2) is 30.5 Å². The van der Waals surface area contributed by atoms with Gasteiger partial charge in [-0.05, 0) is 55.8 Å². The summed E-state index contributed by atoms with van der Waals surface area (Å²) in [6.45, 7) is 1.21. The van der Waals surface area contributed by atoms with E-state index in [2.05, 4.69) is 20.8 Å². The fourth-order valence-corrected chi connectivity index (χ4v) is 10.1. The first-order valence-electron chi connectivity index (χ1n) is 15.3. The molecule has 2 bridgehead atoms. The van der Waals surface area contributed by atoms with Gasteiger partial charge in [-0.25, -0.2) is 21.6 Å². The molecule has 4 aliphatic heterocycles. The molecular weight excluding hydrogens is 619 g/mol. The molecule has 8 rings (SSSR count). The van der Waals surface area contributed by atoms with Crippen molar-refractivity contribution in [2.24, 2.45) is 0 Å². The highest BCUT2D eigenvalue weighted by molar-refractivity contribution is 7.91. The lowest BCUT2D eigenvalue weighted by atomic mass is 9.95. The molecule has 46 heavy (non-hydrogen) atoms. The van der Waals surface area contributed by atoms with Gasteiger partial charge in [0.2, 0.25) is 0 Å². The number of fused-ring (bicyclic) bond motifs is 5. The Labute approximate surface area is 263 Å². The average molecular weight is 650 g/mol. The molecule has 13 heteroatoms. The SMILES string of the molecule is C#Cc1c(F)ccc2cc(O)cc(-c3ncc4c(N5[C@@H]6CC[C@H]5CS(=O)(=O)C6)nc(OC[C@@]56CCCN5C[C@H](F)C6)nc4c3F)c12. The molecule has 0 aliphatic carbocycles. The Balaban J connectivity index is 1.30. The average Bonchev–Trinajstić information content (AvgIpc) is 3.63. The largest absolute Gasteiger partial charge is 0.508 e. The Morgan fingerprint density at radius 3 is 2.70 bits per heavy atom. The Morgan fingerprint density at radius 2 is 1.93 bits per heavy atom.